The third-order valence-electron chi connectivity index (χ3n) is 6.41. The van der Waals surface area contributed by atoms with Crippen molar-refractivity contribution in [3.63, 3.8) is 0 Å². The Balaban J connectivity index is 1.61. The molecule has 33 heavy (non-hydrogen) atoms. The fourth-order valence-electron chi connectivity index (χ4n) is 4.85. The van der Waals surface area contributed by atoms with Gasteiger partial charge in [-0.1, -0.05) is 0 Å². The molecule has 9 heteroatoms. The number of ether oxygens (including phenoxy) is 5. The van der Waals surface area contributed by atoms with Crippen molar-refractivity contribution in [2.45, 2.75) is 18.9 Å². The fraction of sp³-hybridized carbons (Fsp3) is 0.375. The van der Waals surface area contributed by atoms with E-state index in [-0.39, 0.29) is 47.9 Å². The van der Waals surface area contributed by atoms with Gasteiger partial charge in [0.05, 0.1) is 33.0 Å². The van der Waals surface area contributed by atoms with E-state index < -0.39 is 0 Å². The zero-order valence-electron chi connectivity index (χ0n) is 18.9. The van der Waals surface area contributed by atoms with Crippen LogP contribution in [0.5, 0.6) is 34.5 Å². The Bertz CT molecular complexity index is 1250. The summed E-state index contributed by atoms with van der Waals surface area (Å²) in [6, 6.07) is 3.34. The van der Waals surface area contributed by atoms with Crippen LogP contribution in [-0.4, -0.2) is 57.5 Å². The topological polar surface area (TPSA) is 99.8 Å². The summed E-state index contributed by atoms with van der Waals surface area (Å²) < 4.78 is 33.3. The third-order valence-corrected chi connectivity index (χ3v) is 6.41. The Morgan fingerprint density at radius 3 is 2.64 bits per heavy atom. The van der Waals surface area contributed by atoms with Crippen LogP contribution in [0.4, 0.5) is 0 Å². The number of hydrogen-bond acceptors (Lipinski definition) is 9. The minimum Gasteiger partial charge on any atom is -0.504 e. The zero-order valence-corrected chi connectivity index (χ0v) is 18.9. The Morgan fingerprint density at radius 2 is 1.91 bits per heavy atom. The summed E-state index contributed by atoms with van der Waals surface area (Å²) in [5.41, 5.74) is 2.31. The van der Waals surface area contributed by atoms with Crippen LogP contribution in [0.15, 0.2) is 22.8 Å². The van der Waals surface area contributed by atoms with Crippen LogP contribution in [0.3, 0.4) is 0 Å². The molecule has 9 nitrogen and oxygen atoms in total. The molecule has 0 fully saturated rings. The minimum atomic E-state index is -0.307. The average Bonchev–Trinajstić information content (AvgIpc) is 3.48. The number of rotatable bonds is 6. The first kappa shape index (κ1) is 21.3. The van der Waals surface area contributed by atoms with Gasteiger partial charge >= 0.3 is 0 Å². The first-order valence-electron chi connectivity index (χ1n) is 10.6. The number of carbonyl (C=O) groups is 1. The molecule has 0 unspecified atom stereocenters. The van der Waals surface area contributed by atoms with Crippen molar-refractivity contribution in [3.8, 4) is 34.5 Å². The van der Waals surface area contributed by atoms with Crippen LogP contribution in [-0.2, 0) is 6.42 Å². The Kier molecular flexibility index (Phi) is 5.20. The quantitative estimate of drug-likeness (QED) is 0.558. The van der Waals surface area contributed by atoms with Crippen LogP contribution in [0.1, 0.15) is 33.9 Å². The summed E-state index contributed by atoms with van der Waals surface area (Å²) in [6.07, 6.45) is 2.32. The largest absolute Gasteiger partial charge is 0.504 e. The van der Waals surface area contributed by atoms with Crippen molar-refractivity contribution in [3.05, 3.63) is 35.1 Å². The van der Waals surface area contributed by atoms with Crippen molar-refractivity contribution >= 4 is 16.8 Å². The average molecular weight is 455 g/mol. The molecule has 174 valence electrons. The van der Waals surface area contributed by atoms with E-state index in [4.69, 9.17) is 28.1 Å². The fourth-order valence-corrected chi connectivity index (χ4v) is 4.85. The second-order valence-corrected chi connectivity index (χ2v) is 8.04. The molecule has 3 heterocycles. The van der Waals surface area contributed by atoms with Crippen molar-refractivity contribution in [2.24, 2.45) is 0 Å². The van der Waals surface area contributed by atoms with Crippen molar-refractivity contribution < 1.29 is 38.0 Å². The molecule has 0 amide bonds. The first-order valence-corrected chi connectivity index (χ1v) is 10.6. The predicted octanol–water partition coefficient (Wildman–Crippen LogP) is 3.69. The summed E-state index contributed by atoms with van der Waals surface area (Å²) in [4.78, 5) is 15.8. The maximum Gasteiger partial charge on any atom is 0.231 e. The van der Waals surface area contributed by atoms with E-state index in [1.54, 1.807) is 13.2 Å². The Hall–Kier alpha value is -3.59. The molecule has 0 aliphatic carbocycles. The molecule has 1 atom stereocenters. The summed E-state index contributed by atoms with van der Waals surface area (Å²) in [5, 5.41) is 11.5. The SMILES string of the molecule is COc1c2c(cc3c1[C@@H](CC(=O)c1c(O)c(OC)c4occc4c1OC)N(C)CC3)OCO2. The van der Waals surface area contributed by atoms with E-state index in [0.29, 0.717) is 28.2 Å². The van der Waals surface area contributed by atoms with Gasteiger partial charge in [-0.15, -0.1) is 0 Å². The highest BCUT2D eigenvalue weighted by Gasteiger charge is 2.37. The van der Waals surface area contributed by atoms with Gasteiger partial charge in [-0.25, -0.2) is 0 Å². The summed E-state index contributed by atoms with van der Waals surface area (Å²) in [5.74, 6) is 1.51. The van der Waals surface area contributed by atoms with Gasteiger partial charge in [-0.3, -0.25) is 9.69 Å². The van der Waals surface area contributed by atoms with E-state index in [1.807, 2.05) is 13.1 Å². The molecule has 1 N–H and O–H groups in total. The number of nitrogens with zero attached hydrogens (tertiary/aromatic N) is 1. The first-order chi connectivity index (χ1) is 16.0. The number of Topliss-reactive ketones (excluding diaryl/α,β-unsaturated/α-hetero) is 1. The maximum atomic E-state index is 13.7. The third kappa shape index (κ3) is 3.14. The van der Waals surface area contributed by atoms with E-state index in [2.05, 4.69) is 4.90 Å². The van der Waals surface area contributed by atoms with E-state index in [1.165, 1.54) is 20.5 Å². The number of hydrogen-bond donors (Lipinski definition) is 1. The molecule has 1 aromatic heterocycles. The number of phenols is 1. The monoisotopic (exact) mass is 455 g/mol. The number of fused-ring (bicyclic) bond motifs is 3. The molecule has 0 bridgehead atoms. The number of methoxy groups -OCH3 is 3. The van der Waals surface area contributed by atoms with E-state index >= 15 is 0 Å². The number of furan rings is 1. The summed E-state index contributed by atoms with van der Waals surface area (Å²) in [7, 11) is 6.41. The van der Waals surface area contributed by atoms with Gasteiger partial charge in [0.25, 0.3) is 0 Å². The lowest BCUT2D eigenvalue weighted by atomic mass is 9.87. The molecule has 2 aromatic carbocycles. The van der Waals surface area contributed by atoms with Crippen LogP contribution < -0.4 is 23.7 Å². The lowest BCUT2D eigenvalue weighted by Crippen LogP contribution is -2.34. The number of carbonyl (C=O) groups excluding carboxylic acids is 1. The molecule has 2 aliphatic rings. The van der Waals surface area contributed by atoms with Gasteiger partial charge in [0, 0.05) is 24.6 Å². The predicted molar refractivity (Wildman–Crippen MR) is 118 cm³/mol. The van der Waals surface area contributed by atoms with E-state index in [0.717, 1.165) is 24.1 Å². The van der Waals surface area contributed by atoms with Gasteiger partial charge in [-0.05, 0) is 31.2 Å². The standard InChI is InChI=1S/C24H25NO8/c1-25-7-5-12-9-16-22(33-11-32-16)23(29-3)17(12)14(25)10-15(26)18-19(27)24(30-4)21-13(6-8-31-21)20(18)28-2/h6,8-9,14,27H,5,7,10-11H2,1-4H3/t14-/m1/s1. The van der Waals surface area contributed by atoms with Crippen LogP contribution in [0, 0.1) is 0 Å². The highest BCUT2D eigenvalue weighted by Crippen LogP contribution is 2.51. The zero-order chi connectivity index (χ0) is 23.3. The van der Waals surface area contributed by atoms with Gasteiger partial charge in [0.1, 0.15) is 11.3 Å². The van der Waals surface area contributed by atoms with Crippen LogP contribution in [0.25, 0.3) is 11.0 Å². The molecular formula is C24H25NO8. The molecular weight excluding hydrogens is 430 g/mol. The highest BCUT2D eigenvalue weighted by atomic mass is 16.7. The van der Waals surface area contributed by atoms with Crippen molar-refractivity contribution in [1.29, 1.82) is 0 Å². The van der Waals surface area contributed by atoms with Gasteiger partial charge in [0.2, 0.25) is 18.3 Å². The second kappa shape index (κ2) is 8.08. The molecule has 0 saturated heterocycles. The smallest absolute Gasteiger partial charge is 0.231 e. The number of aromatic hydroxyl groups is 1. The molecule has 3 aromatic rings. The number of benzene rings is 2. The van der Waals surface area contributed by atoms with Crippen molar-refractivity contribution in [2.75, 3.05) is 41.7 Å². The van der Waals surface area contributed by atoms with Crippen LogP contribution in [0.2, 0.25) is 0 Å². The van der Waals surface area contributed by atoms with Gasteiger partial charge < -0.3 is 33.2 Å². The summed E-state index contributed by atoms with van der Waals surface area (Å²) in [6.45, 7) is 0.880. The molecule has 2 aliphatic heterocycles. The lowest BCUT2D eigenvalue weighted by molar-refractivity contribution is 0.0919. The van der Waals surface area contributed by atoms with Crippen molar-refractivity contribution in [1.82, 2.24) is 4.90 Å². The molecule has 0 saturated carbocycles. The number of likely N-dealkylation sites (N-methyl/N-ethyl adjacent to an activating group) is 1. The minimum absolute atomic E-state index is 0.0588. The number of phenolic OH excluding ortho intramolecular Hbond substituents is 1. The van der Waals surface area contributed by atoms with Gasteiger partial charge in [0.15, 0.2) is 28.6 Å². The normalized spacial score (nSPS) is 17.2. The van der Waals surface area contributed by atoms with Gasteiger partial charge in [-0.2, -0.15) is 0 Å². The molecule has 0 radical (unpaired) electrons. The molecule has 0 spiro atoms. The van der Waals surface area contributed by atoms with Crippen LogP contribution >= 0.6 is 0 Å². The highest BCUT2D eigenvalue weighted by molar-refractivity contribution is 6.09. The second-order valence-electron chi connectivity index (χ2n) is 8.04. The molecule has 5 rings (SSSR count). The van der Waals surface area contributed by atoms with E-state index in [9.17, 15) is 9.90 Å². The maximum absolute atomic E-state index is 13.7. The lowest BCUT2D eigenvalue weighted by Gasteiger charge is -2.35. The Morgan fingerprint density at radius 1 is 1.15 bits per heavy atom. The number of ketones is 1. The Labute approximate surface area is 190 Å². The summed E-state index contributed by atoms with van der Waals surface area (Å²) >= 11 is 0.